The highest BCUT2D eigenvalue weighted by Gasteiger charge is 2.22. The van der Waals surface area contributed by atoms with Gasteiger partial charge in [0.05, 0.1) is 17.9 Å². The molecule has 0 saturated carbocycles. The second kappa shape index (κ2) is 10.9. The average Bonchev–Trinajstić information content (AvgIpc) is 3.26. The molecule has 0 saturated heterocycles. The Labute approximate surface area is 210 Å². The third kappa shape index (κ3) is 5.13. The molecule has 3 heterocycles. The Balaban J connectivity index is 1.66. The van der Waals surface area contributed by atoms with E-state index in [4.69, 9.17) is 20.0 Å². The molecule has 3 N–H and O–H groups in total. The van der Waals surface area contributed by atoms with E-state index in [1.807, 2.05) is 6.07 Å². The molecule has 4 rings (SSSR count). The second-order valence-electron chi connectivity index (χ2n) is 7.43. The molecule has 9 nitrogen and oxygen atoms in total. The fraction of sp³-hybridized carbons (Fsp3) is 0.160. The van der Waals surface area contributed by atoms with Crippen LogP contribution in [-0.2, 0) is 5.75 Å². The number of halogens is 1. The van der Waals surface area contributed by atoms with Crippen LogP contribution in [0.3, 0.4) is 0 Å². The Kier molecular flexibility index (Phi) is 7.44. The monoisotopic (exact) mass is 502 g/mol. The Morgan fingerprint density at radius 3 is 2.44 bits per heavy atom. The summed E-state index contributed by atoms with van der Waals surface area (Å²) in [5.74, 6) is 1.16. The zero-order valence-corrected chi connectivity index (χ0v) is 19.8. The number of aromatic nitrogens is 3. The van der Waals surface area contributed by atoms with Gasteiger partial charge in [0.1, 0.15) is 46.7 Å². The molecule has 0 fully saturated rings. The zero-order valence-electron chi connectivity index (χ0n) is 19.0. The van der Waals surface area contributed by atoms with Gasteiger partial charge in [-0.05, 0) is 37.3 Å². The second-order valence-corrected chi connectivity index (χ2v) is 8.39. The van der Waals surface area contributed by atoms with E-state index in [1.165, 1.54) is 30.1 Å². The number of aliphatic hydroxyl groups excluding tert-OH is 1. The van der Waals surface area contributed by atoms with Crippen molar-refractivity contribution in [1.82, 2.24) is 15.0 Å². The molecule has 0 unspecified atom stereocenters. The molecule has 0 aliphatic heterocycles. The van der Waals surface area contributed by atoms with Crippen LogP contribution in [0.15, 0.2) is 52.0 Å². The van der Waals surface area contributed by atoms with Crippen LogP contribution in [-0.4, -0.2) is 33.3 Å². The summed E-state index contributed by atoms with van der Waals surface area (Å²) in [6, 6.07) is 13.2. The maximum Gasteiger partial charge on any atom is 0.226 e. The van der Waals surface area contributed by atoms with Gasteiger partial charge in [0.2, 0.25) is 11.8 Å². The summed E-state index contributed by atoms with van der Waals surface area (Å²) in [6.07, 6.45) is 1.47. The number of thioether (sulfide) groups is 1. The van der Waals surface area contributed by atoms with Crippen LogP contribution in [0.4, 0.5) is 10.2 Å². The molecular formula is C25H19FN6O3S. The molecular weight excluding hydrogens is 483 g/mol. The number of anilines is 1. The minimum Gasteiger partial charge on any atom is -0.475 e. The molecule has 0 amide bonds. The number of hydrogen-bond donors (Lipinski definition) is 2. The molecule has 0 bridgehead atoms. The van der Waals surface area contributed by atoms with Gasteiger partial charge in [0.15, 0.2) is 0 Å². The van der Waals surface area contributed by atoms with Crippen LogP contribution in [0.1, 0.15) is 22.6 Å². The molecule has 4 aromatic rings. The first-order valence-corrected chi connectivity index (χ1v) is 11.6. The van der Waals surface area contributed by atoms with E-state index >= 15 is 0 Å². The molecule has 1 aromatic carbocycles. The largest absolute Gasteiger partial charge is 0.475 e. The minimum atomic E-state index is -0.357. The first kappa shape index (κ1) is 24.7. The van der Waals surface area contributed by atoms with Crippen LogP contribution in [0.5, 0.6) is 5.88 Å². The molecule has 36 heavy (non-hydrogen) atoms. The van der Waals surface area contributed by atoms with Crippen molar-refractivity contribution in [3.63, 3.8) is 0 Å². The number of oxazole rings is 1. The lowest BCUT2D eigenvalue weighted by molar-refractivity contribution is 0.196. The van der Waals surface area contributed by atoms with Crippen molar-refractivity contribution < 1.29 is 18.7 Å². The Morgan fingerprint density at radius 2 is 1.81 bits per heavy atom. The lowest BCUT2D eigenvalue weighted by atomic mass is 9.98. The smallest absolute Gasteiger partial charge is 0.226 e. The van der Waals surface area contributed by atoms with Crippen LogP contribution in [0.2, 0.25) is 0 Å². The number of ether oxygens (including phenoxy) is 1. The van der Waals surface area contributed by atoms with Crippen molar-refractivity contribution in [2.24, 2.45) is 0 Å². The number of pyridine rings is 2. The van der Waals surface area contributed by atoms with Gasteiger partial charge in [-0.3, -0.25) is 0 Å². The van der Waals surface area contributed by atoms with Crippen molar-refractivity contribution in [1.29, 1.82) is 10.5 Å². The summed E-state index contributed by atoms with van der Waals surface area (Å²) in [6.45, 7) is 1.70. The van der Waals surface area contributed by atoms with Crippen LogP contribution < -0.4 is 10.5 Å². The molecule has 180 valence electrons. The van der Waals surface area contributed by atoms with Crippen LogP contribution in [0, 0.1) is 35.4 Å². The van der Waals surface area contributed by atoms with E-state index in [1.54, 1.807) is 31.2 Å². The summed E-state index contributed by atoms with van der Waals surface area (Å²) < 4.78 is 24.3. The molecule has 0 spiro atoms. The first-order valence-electron chi connectivity index (χ1n) is 10.6. The lowest BCUT2D eigenvalue weighted by Gasteiger charge is -2.13. The first-order chi connectivity index (χ1) is 17.4. The quantitative estimate of drug-likeness (QED) is 0.334. The fourth-order valence-electron chi connectivity index (χ4n) is 3.37. The Morgan fingerprint density at radius 1 is 1.08 bits per heavy atom. The van der Waals surface area contributed by atoms with Gasteiger partial charge in [0.25, 0.3) is 0 Å². The standard InChI is InChI=1S/C25H19FN6O3S/c1-14-20(31-24(35-14)15-2-5-17(26)6-3-15)13-36-25-19(11-28)22(18(10-27)23(29)32-25)16-4-7-21(30-12-16)34-9-8-33/h2-7,12,33H,8-9,13H2,1H3,(H2,29,32). The highest BCUT2D eigenvalue weighted by atomic mass is 32.2. The maximum atomic E-state index is 13.2. The molecule has 3 aromatic heterocycles. The van der Waals surface area contributed by atoms with Gasteiger partial charge in [-0.15, -0.1) is 0 Å². The van der Waals surface area contributed by atoms with Crippen molar-refractivity contribution in [3.05, 3.63) is 71.0 Å². The number of benzene rings is 1. The van der Waals surface area contributed by atoms with Crippen LogP contribution in [0.25, 0.3) is 22.6 Å². The van der Waals surface area contributed by atoms with Gasteiger partial charge in [0, 0.05) is 34.7 Å². The highest BCUT2D eigenvalue weighted by Crippen LogP contribution is 2.37. The predicted molar refractivity (Wildman–Crippen MR) is 130 cm³/mol. The van der Waals surface area contributed by atoms with E-state index in [2.05, 4.69) is 21.0 Å². The summed E-state index contributed by atoms with van der Waals surface area (Å²) in [4.78, 5) is 13.0. The number of nitrogen functional groups attached to an aromatic ring is 1. The Bertz CT molecular complexity index is 1470. The summed E-state index contributed by atoms with van der Waals surface area (Å²) >= 11 is 1.23. The van der Waals surface area contributed by atoms with E-state index in [0.717, 1.165) is 0 Å². The number of aryl methyl sites for hydroxylation is 1. The number of nitrogens with zero attached hydrogens (tertiary/aromatic N) is 5. The molecule has 0 aliphatic carbocycles. The van der Waals surface area contributed by atoms with E-state index in [9.17, 15) is 14.9 Å². The van der Waals surface area contributed by atoms with Gasteiger partial charge in [-0.25, -0.2) is 19.3 Å². The van der Waals surface area contributed by atoms with Crippen molar-refractivity contribution >= 4 is 17.6 Å². The maximum absolute atomic E-state index is 13.2. The highest BCUT2D eigenvalue weighted by molar-refractivity contribution is 7.98. The van der Waals surface area contributed by atoms with Gasteiger partial charge >= 0.3 is 0 Å². The van der Waals surface area contributed by atoms with E-state index in [-0.39, 0.29) is 36.0 Å². The zero-order chi connectivity index (χ0) is 25.7. The van der Waals surface area contributed by atoms with E-state index in [0.29, 0.717) is 50.7 Å². The molecule has 0 aliphatic rings. The molecule has 0 radical (unpaired) electrons. The summed E-state index contributed by atoms with van der Waals surface area (Å²) in [5, 5.41) is 28.9. The molecule has 11 heteroatoms. The van der Waals surface area contributed by atoms with E-state index < -0.39 is 0 Å². The SMILES string of the molecule is Cc1oc(-c2ccc(F)cc2)nc1CSc1nc(N)c(C#N)c(-c2ccc(OCCO)nc2)c1C#N. The minimum absolute atomic E-state index is 0.0153. The number of rotatable bonds is 8. The third-order valence-electron chi connectivity index (χ3n) is 5.11. The Hall–Kier alpha value is -4.45. The van der Waals surface area contributed by atoms with Gasteiger partial charge < -0.3 is 20.0 Å². The predicted octanol–water partition coefficient (Wildman–Crippen LogP) is 4.24. The normalized spacial score (nSPS) is 10.6. The summed E-state index contributed by atoms with van der Waals surface area (Å²) in [7, 11) is 0. The lowest BCUT2D eigenvalue weighted by Crippen LogP contribution is -2.05. The third-order valence-corrected chi connectivity index (χ3v) is 6.10. The number of aliphatic hydroxyl groups is 1. The van der Waals surface area contributed by atoms with Crippen molar-refractivity contribution in [2.75, 3.05) is 18.9 Å². The summed E-state index contributed by atoms with van der Waals surface area (Å²) in [5.41, 5.74) is 8.40. The topological polar surface area (TPSA) is 155 Å². The van der Waals surface area contributed by atoms with Gasteiger partial charge in [-0.2, -0.15) is 10.5 Å². The molecule has 0 atom stereocenters. The van der Waals surface area contributed by atoms with Crippen molar-refractivity contribution in [3.8, 4) is 40.6 Å². The fourth-order valence-corrected chi connectivity index (χ4v) is 4.37. The number of nitriles is 2. The number of hydrogen-bond acceptors (Lipinski definition) is 10. The number of nitrogens with two attached hydrogens (primary N) is 1. The van der Waals surface area contributed by atoms with Crippen LogP contribution >= 0.6 is 11.8 Å². The van der Waals surface area contributed by atoms with Crippen molar-refractivity contribution in [2.45, 2.75) is 17.7 Å². The average molecular weight is 503 g/mol. The van der Waals surface area contributed by atoms with Gasteiger partial charge in [-0.1, -0.05) is 11.8 Å².